The number of likely N-dealkylation sites (N-methyl/N-ethyl adjacent to an activating group) is 1. The average Bonchev–Trinajstić information content (AvgIpc) is 2.57. The van der Waals surface area contributed by atoms with Crippen LogP contribution in [0.4, 0.5) is 0 Å². The van der Waals surface area contributed by atoms with Crippen LogP contribution in [0.2, 0.25) is 0 Å². The standard InChI is InChI=1S/C17H27N3O3.ClH/c1-4-23-15-9-6-5-8-14(15)17(22)19-11-7-10-16(21)20-12-13(2)18-3;/h5-6,8-9,13,18H,4,7,10-12H2,1-3H3,(H,19,22)(H,20,21);1H. The molecule has 1 rings (SSSR count). The van der Waals surface area contributed by atoms with Crippen LogP contribution < -0.4 is 20.7 Å². The molecule has 0 saturated heterocycles. The molecule has 1 unspecified atom stereocenters. The average molecular weight is 358 g/mol. The second-order valence-electron chi connectivity index (χ2n) is 5.28. The number of rotatable bonds is 10. The van der Waals surface area contributed by atoms with Gasteiger partial charge in [0.25, 0.3) is 5.91 Å². The third-order valence-corrected chi connectivity index (χ3v) is 3.40. The molecule has 0 spiro atoms. The molecule has 0 saturated carbocycles. The first-order chi connectivity index (χ1) is 11.1. The second-order valence-corrected chi connectivity index (χ2v) is 5.28. The quantitative estimate of drug-likeness (QED) is 0.557. The lowest BCUT2D eigenvalue weighted by Crippen LogP contribution is -2.37. The van der Waals surface area contributed by atoms with Crippen LogP contribution in [0, 0.1) is 0 Å². The Morgan fingerprint density at radius 2 is 1.92 bits per heavy atom. The van der Waals surface area contributed by atoms with E-state index < -0.39 is 0 Å². The van der Waals surface area contributed by atoms with Crippen LogP contribution in [-0.4, -0.2) is 44.6 Å². The number of benzene rings is 1. The maximum absolute atomic E-state index is 12.1. The molecule has 2 amide bonds. The minimum Gasteiger partial charge on any atom is -0.493 e. The van der Waals surface area contributed by atoms with E-state index in [1.54, 1.807) is 18.2 Å². The van der Waals surface area contributed by atoms with Crippen molar-refractivity contribution in [2.75, 3.05) is 26.7 Å². The van der Waals surface area contributed by atoms with Crippen LogP contribution in [0.25, 0.3) is 0 Å². The molecule has 0 aromatic heterocycles. The molecule has 0 radical (unpaired) electrons. The van der Waals surface area contributed by atoms with E-state index >= 15 is 0 Å². The van der Waals surface area contributed by atoms with Crippen LogP contribution in [0.1, 0.15) is 37.0 Å². The molecule has 0 fully saturated rings. The zero-order valence-corrected chi connectivity index (χ0v) is 15.4. The molecule has 1 atom stereocenters. The van der Waals surface area contributed by atoms with Crippen LogP contribution in [0.5, 0.6) is 5.75 Å². The van der Waals surface area contributed by atoms with Gasteiger partial charge < -0.3 is 20.7 Å². The van der Waals surface area contributed by atoms with Crippen molar-refractivity contribution in [1.29, 1.82) is 0 Å². The van der Waals surface area contributed by atoms with E-state index in [1.165, 1.54) is 0 Å². The summed E-state index contributed by atoms with van der Waals surface area (Å²) >= 11 is 0. The van der Waals surface area contributed by atoms with Gasteiger partial charge in [-0.1, -0.05) is 12.1 Å². The molecular formula is C17H28ClN3O3. The number of nitrogens with one attached hydrogen (secondary N) is 3. The van der Waals surface area contributed by atoms with Gasteiger partial charge in [0.15, 0.2) is 0 Å². The lowest BCUT2D eigenvalue weighted by Gasteiger charge is -2.12. The zero-order valence-electron chi connectivity index (χ0n) is 14.6. The fraction of sp³-hybridized carbons (Fsp3) is 0.529. The first kappa shape index (κ1) is 22.2. The van der Waals surface area contributed by atoms with Crippen molar-refractivity contribution in [2.24, 2.45) is 0 Å². The molecular weight excluding hydrogens is 330 g/mol. The molecule has 0 aliphatic carbocycles. The van der Waals surface area contributed by atoms with Crippen LogP contribution >= 0.6 is 12.4 Å². The first-order valence-corrected chi connectivity index (χ1v) is 8.02. The Labute approximate surface area is 150 Å². The van der Waals surface area contributed by atoms with Crippen molar-refractivity contribution in [3.05, 3.63) is 29.8 Å². The minimum atomic E-state index is -0.182. The molecule has 7 heteroatoms. The van der Waals surface area contributed by atoms with E-state index in [0.29, 0.717) is 43.9 Å². The van der Waals surface area contributed by atoms with Crippen molar-refractivity contribution in [1.82, 2.24) is 16.0 Å². The van der Waals surface area contributed by atoms with Crippen LogP contribution in [-0.2, 0) is 4.79 Å². The van der Waals surface area contributed by atoms with Gasteiger partial charge in [-0.05, 0) is 39.4 Å². The Kier molecular flexibility index (Phi) is 11.7. The van der Waals surface area contributed by atoms with E-state index in [0.717, 1.165) is 0 Å². The van der Waals surface area contributed by atoms with Gasteiger partial charge in [0.2, 0.25) is 5.91 Å². The molecule has 1 aromatic rings. The van der Waals surface area contributed by atoms with Crippen molar-refractivity contribution in [3.63, 3.8) is 0 Å². The molecule has 1 aromatic carbocycles. The highest BCUT2D eigenvalue weighted by Crippen LogP contribution is 2.17. The third-order valence-electron chi connectivity index (χ3n) is 3.40. The highest BCUT2D eigenvalue weighted by molar-refractivity contribution is 5.96. The summed E-state index contributed by atoms with van der Waals surface area (Å²) in [6, 6.07) is 7.38. The molecule has 6 nitrogen and oxygen atoms in total. The summed E-state index contributed by atoms with van der Waals surface area (Å²) in [6.07, 6.45) is 0.992. The Balaban J connectivity index is 0.00000529. The van der Waals surface area contributed by atoms with Crippen molar-refractivity contribution >= 4 is 24.2 Å². The summed E-state index contributed by atoms with van der Waals surface area (Å²) in [5.74, 6) is 0.389. The summed E-state index contributed by atoms with van der Waals surface area (Å²) in [5.41, 5.74) is 0.515. The van der Waals surface area contributed by atoms with Gasteiger partial charge in [-0.3, -0.25) is 9.59 Å². The number of para-hydroxylation sites is 1. The smallest absolute Gasteiger partial charge is 0.255 e. The Hall–Kier alpha value is -1.79. The summed E-state index contributed by atoms with van der Waals surface area (Å²) < 4.78 is 5.44. The number of hydrogen-bond donors (Lipinski definition) is 3. The van der Waals surface area contributed by atoms with Gasteiger partial charge in [0.05, 0.1) is 12.2 Å². The van der Waals surface area contributed by atoms with E-state index in [-0.39, 0.29) is 30.3 Å². The van der Waals surface area contributed by atoms with Crippen molar-refractivity contribution in [2.45, 2.75) is 32.7 Å². The topological polar surface area (TPSA) is 79.5 Å². The SMILES string of the molecule is CCOc1ccccc1C(=O)NCCCC(=O)NCC(C)NC.Cl. The van der Waals surface area contributed by atoms with Crippen molar-refractivity contribution in [3.8, 4) is 5.75 Å². The molecule has 0 aliphatic heterocycles. The number of ether oxygens (including phenoxy) is 1. The Morgan fingerprint density at radius 3 is 2.58 bits per heavy atom. The Bertz CT molecular complexity index is 512. The predicted molar refractivity (Wildman–Crippen MR) is 98.0 cm³/mol. The highest BCUT2D eigenvalue weighted by atomic mass is 35.5. The zero-order chi connectivity index (χ0) is 17.1. The van der Waals surface area contributed by atoms with Gasteiger partial charge in [-0.25, -0.2) is 0 Å². The fourth-order valence-corrected chi connectivity index (χ4v) is 1.94. The maximum Gasteiger partial charge on any atom is 0.255 e. The molecule has 0 bridgehead atoms. The van der Waals surface area contributed by atoms with Gasteiger partial charge in [-0.2, -0.15) is 0 Å². The van der Waals surface area contributed by atoms with Gasteiger partial charge >= 0.3 is 0 Å². The Morgan fingerprint density at radius 1 is 1.21 bits per heavy atom. The highest BCUT2D eigenvalue weighted by Gasteiger charge is 2.11. The van der Waals surface area contributed by atoms with E-state index in [9.17, 15) is 9.59 Å². The molecule has 0 aliphatic rings. The maximum atomic E-state index is 12.1. The van der Waals surface area contributed by atoms with Gasteiger partial charge in [-0.15, -0.1) is 12.4 Å². The second kappa shape index (κ2) is 12.6. The van der Waals surface area contributed by atoms with Crippen LogP contribution in [0.15, 0.2) is 24.3 Å². The normalized spacial score (nSPS) is 11.1. The van der Waals surface area contributed by atoms with Gasteiger partial charge in [0.1, 0.15) is 5.75 Å². The number of carbonyl (C=O) groups excluding carboxylic acids is 2. The lowest BCUT2D eigenvalue weighted by molar-refractivity contribution is -0.121. The van der Waals surface area contributed by atoms with E-state index in [1.807, 2.05) is 27.0 Å². The van der Waals surface area contributed by atoms with Crippen LogP contribution in [0.3, 0.4) is 0 Å². The largest absolute Gasteiger partial charge is 0.493 e. The summed E-state index contributed by atoms with van der Waals surface area (Å²) in [5, 5.41) is 8.72. The van der Waals surface area contributed by atoms with E-state index in [2.05, 4.69) is 16.0 Å². The monoisotopic (exact) mass is 357 g/mol. The van der Waals surface area contributed by atoms with E-state index in [4.69, 9.17) is 4.74 Å². The number of amides is 2. The molecule has 0 heterocycles. The number of halogens is 1. The first-order valence-electron chi connectivity index (χ1n) is 8.02. The summed E-state index contributed by atoms with van der Waals surface area (Å²) in [7, 11) is 1.85. The molecule has 3 N–H and O–H groups in total. The van der Waals surface area contributed by atoms with Gasteiger partial charge in [0, 0.05) is 25.6 Å². The molecule has 136 valence electrons. The summed E-state index contributed by atoms with van der Waals surface area (Å²) in [4.78, 5) is 23.8. The summed E-state index contributed by atoms with van der Waals surface area (Å²) in [6.45, 7) is 5.44. The molecule has 24 heavy (non-hydrogen) atoms. The van der Waals surface area contributed by atoms with Crippen molar-refractivity contribution < 1.29 is 14.3 Å². The minimum absolute atomic E-state index is 0. The lowest BCUT2D eigenvalue weighted by atomic mass is 10.2. The third kappa shape index (κ3) is 8.17. The number of carbonyl (C=O) groups is 2. The predicted octanol–water partition coefficient (Wildman–Crippen LogP) is 1.74. The fourth-order valence-electron chi connectivity index (χ4n) is 1.94. The number of hydrogen-bond acceptors (Lipinski definition) is 4.